The molecule has 1 saturated heterocycles. The number of alkyl halides is 3. The first-order chi connectivity index (χ1) is 13.4. The smallest absolute Gasteiger partial charge is 0.415 e. The Morgan fingerprint density at radius 1 is 1.07 bits per heavy atom. The van der Waals surface area contributed by atoms with E-state index in [1.54, 1.807) is 0 Å². The topological polar surface area (TPSA) is 130 Å². The van der Waals surface area contributed by atoms with Gasteiger partial charge in [0.15, 0.2) is 24.6 Å². The third-order valence-corrected chi connectivity index (χ3v) is 3.86. The normalized spacial score (nSPS) is 28.3. The van der Waals surface area contributed by atoms with Crippen LogP contribution in [-0.4, -0.2) is 86.2 Å². The molecule has 29 heavy (non-hydrogen) atoms. The minimum Gasteiger partial charge on any atom is -0.463 e. The van der Waals surface area contributed by atoms with Gasteiger partial charge in [-0.05, 0) is 0 Å². The molecule has 1 aliphatic heterocycles. The van der Waals surface area contributed by atoms with Crippen molar-refractivity contribution in [2.75, 3.05) is 20.3 Å². The summed E-state index contributed by atoms with van der Waals surface area (Å²) < 4.78 is 63.7. The van der Waals surface area contributed by atoms with Gasteiger partial charge in [-0.15, -0.1) is 0 Å². The number of rotatable bonds is 8. The van der Waals surface area contributed by atoms with E-state index >= 15 is 0 Å². The molecule has 0 aromatic rings. The quantitative estimate of drug-likeness (QED) is 0.389. The Balaban J connectivity index is 3.16. The molecule has 1 rings (SSSR count). The maximum absolute atomic E-state index is 12.6. The summed E-state index contributed by atoms with van der Waals surface area (Å²) in [5.41, 5.74) is 0. The molecule has 0 aromatic carbocycles. The number of halogens is 3. The first-order valence-corrected chi connectivity index (χ1v) is 8.51. The van der Waals surface area contributed by atoms with Gasteiger partial charge in [-0.1, -0.05) is 0 Å². The molecule has 1 fully saturated rings. The molecular formula is C16H24F3NO9. The van der Waals surface area contributed by atoms with Crippen LogP contribution in [0.15, 0.2) is 0 Å². The van der Waals surface area contributed by atoms with Crippen LogP contribution >= 0.6 is 0 Å². The maximum atomic E-state index is 12.6. The van der Waals surface area contributed by atoms with Gasteiger partial charge >= 0.3 is 24.1 Å². The monoisotopic (exact) mass is 431 g/mol. The Kier molecular flexibility index (Phi) is 9.26. The molecule has 0 bridgehead atoms. The second kappa shape index (κ2) is 10.7. The summed E-state index contributed by atoms with van der Waals surface area (Å²) >= 11 is 0. The molecule has 0 amide bonds. The number of ether oxygens (including phenoxy) is 5. The van der Waals surface area contributed by atoms with Crippen molar-refractivity contribution in [2.24, 2.45) is 0 Å². The number of aliphatic hydroxyl groups is 1. The zero-order valence-corrected chi connectivity index (χ0v) is 16.2. The highest BCUT2D eigenvalue weighted by molar-refractivity contribution is 5.68. The Bertz CT molecular complexity index is 586. The van der Waals surface area contributed by atoms with Gasteiger partial charge < -0.3 is 34.1 Å². The van der Waals surface area contributed by atoms with Crippen LogP contribution < -0.4 is 5.32 Å². The van der Waals surface area contributed by atoms with Crippen LogP contribution in [0.4, 0.5) is 13.2 Å². The SMILES string of the molecule is COC1OC(COC(C)=O)C(OC(C)=O)C(OC(C)=O)C1NCC(O)C(F)(F)F. The van der Waals surface area contributed by atoms with Crippen LogP contribution in [0.5, 0.6) is 0 Å². The average Bonchev–Trinajstić information content (AvgIpc) is 2.58. The zero-order valence-electron chi connectivity index (χ0n) is 16.2. The maximum Gasteiger partial charge on any atom is 0.415 e. The molecule has 6 atom stereocenters. The molecule has 168 valence electrons. The van der Waals surface area contributed by atoms with Crippen molar-refractivity contribution in [1.29, 1.82) is 0 Å². The molecule has 13 heteroatoms. The predicted octanol–water partition coefficient (Wildman–Crippen LogP) is -0.334. The molecule has 6 unspecified atom stereocenters. The van der Waals surface area contributed by atoms with Crippen molar-refractivity contribution in [3.05, 3.63) is 0 Å². The van der Waals surface area contributed by atoms with Crippen LogP contribution in [0.2, 0.25) is 0 Å². The largest absolute Gasteiger partial charge is 0.463 e. The van der Waals surface area contributed by atoms with Gasteiger partial charge in [0.1, 0.15) is 12.7 Å². The van der Waals surface area contributed by atoms with Gasteiger partial charge in [0.25, 0.3) is 0 Å². The molecule has 0 spiro atoms. The van der Waals surface area contributed by atoms with Crippen LogP contribution in [0.3, 0.4) is 0 Å². The van der Waals surface area contributed by atoms with Gasteiger partial charge in [-0.2, -0.15) is 13.2 Å². The van der Waals surface area contributed by atoms with Gasteiger partial charge in [0.2, 0.25) is 0 Å². The van der Waals surface area contributed by atoms with Crippen molar-refractivity contribution in [3.63, 3.8) is 0 Å². The number of hydrogen-bond donors (Lipinski definition) is 2. The highest BCUT2D eigenvalue weighted by Crippen LogP contribution is 2.28. The number of aliphatic hydroxyl groups excluding tert-OH is 1. The number of esters is 3. The summed E-state index contributed by atoms with van der Waals surface area (Å²) in [5.74, 6) is -2.28. The molecule has 0 aromatic heterocycles. The van der Waals surface area contributed by atoms with E-state index in [4.69, 9.17) is 23.7 Å². The predicted molar refractivity (Wildman–Crippen MR) is 87.3 cm³/mol. The van der Waals surface area contributed by atoms with Gasteiger partial charge in [-0.3, -0.25) is 14.4 Å². The van der Waals surface area contributed by atoms with Crippen molar-refractivity contribution in [2.45, 2.75) is 63.7 Å². The van der Waals surface area contributed by atoms with E-state index in [-0.39, 0.29) is 0 Å². The van der Waals surface area contributed by atoms with Gasteiger partial charge in [0, 0.05) is 34.4 Å². The Morgan fingerprint density at radius 3 is 2.07 bits per heavy atom. The van der Waals surface area contributed by atoms with Crippen LogP contribution in [-0.2, 0) is 38.1 Å². The van der Waals surface area contributed by atoms with Crippen LogP contribution in [0.25, 0.3) is 0 Å². The van der Waals surface area contributed by atoms with Crippen LogP contribution in [0.1, 0.15) is 20.8 Å². The second-order valence-corrected chi connectivity index (χ2v) is 6.22. The fourth-order valence-corrected chi connectivity index (χ4v) is 2.68. The minimum absolute atomic E-state index is 0.400. The highest BCUT2D eigenvalue weighted by Gasteiger charge is 2.51. The summed E-state index contributed by atoms with van der Waals surface area (Å²) in [7, 11) is 1.18. The van der Waals surface area contributed by atoms with Crippen molar-refractivity contribution >= 4 is 17.9 Å². The Hall–Kier alpha value is -1.96. The first-order valence-electron chi connectivity index (χ1n) is 8.51. The first kappa shape index (κ1) is 25.1. The van der Waals surface area contributed by atoms with Crippen molar-refractivity contribution in [1.82, 2.24) is 5.32 Å². The van der Waals surface area contributed by atoms with Gasteiger partial charge in [-0.25, -0.2) is 0 Å². The van der Waals surface area contributed by atoms with E-state index < -0.39 is 74.0 Å². The average molecular weight is 431 g/mol. The van der Waals surface area contributed by atoms with E-state index in [1.807, 2.05) is 0 Å². The molecule has 1 aliphatic rings. The van der Waals surface area contributed by atoms with Crippen molar-refractivity contribution < 1.29 is 56.3 Å². The fraction of sp³-hybridized carbons (Fsp3) is 0.812. The molecule has 2 N–H and O–H groups in total. The lowest BCUT2D eigenvalue weighted by molar-refractivity contribution is -0.274. The standard InChI is InChI=1S/C16H24F3NO9/c1-7(21)26-6-10-13(27-8(2)22)14(28-9(3)23)12(15(25-4)29-10)20-5-11(24)16(17,18)19/h10-15,20,24H,5-6H2,1-4H3. The third kappa shape index (κ3) is 7.76. The summed E-state index contributed by atoms with van der Waals surface area (Å²) in [6.45, 7) is 1.86. The molecule has 1 heterocycles. The zero-order chi connectivity index (χ0) is 22.4. The molecular weight excluding hydrogens is 407 g/mol. The lowest BCUT2D eigenvalue weighted by atomic mass is 9.96. The Morgan fingerprint density at radius 2 is 1.62 bits per heavy atom. The molecule has 0 saturated carbocycles. The number of carbonyl (C=O) groups excluding carboxylic acids is 3. The van der Waals surface area contributed by atoms with E-state index in [0.29, 0.717) is 0 Å². The summed E-state index contributed by atoms with van der Waals surface area (Å²) in [5, 5.41) is 11.6. The van der Waals surface area contributed by atoms with E-state index in [9.17, 15) is 32.7 Å². The molecule has 10 nitrogen and oxygen atoms in total. The number of carbonyl (C=O) groups is 3. The molecule has 0 aliphatic carbocycles. The van der Waals surface area contributed by atoms with E-state index in [1.165, 1.54) is 7.11 Å². The number of hydrogen-bond acceptors (Lipinski definition) is 10. The molecule has 0 radical (unpaired) electrons. The highest BCUT2D eigenvalue weighted by atomic mass is 19.4. The van der Waals surface area contributed by atoms with E-state index in [2.05, 4.69) is 5.32 Å². The van der Waals surface area contributed by atoms with Crippen LogP contribution in [0, 0.1) is 0 Å². The van der Waals surface area contributed by atoms with Gasteiger partial charge in [0.05, 0.1) is 6.04 Å². The summed E-state index contributed by atoms with van der Waals surface area (Å²) in [4.78, 5) is 34.2. The fourth-order valence-electron chi connectivity index (χ4n) is 2.68. The second-order valence-electron chi connectivity index (χ2n) is 6.22. The Labute approximate surface area is 164 Å². The summed E-state index contributed by atoms with van der Waals surface area (Å²) in [6, 6.07) is -1.25. The third-order valence-electron chi connectivity index (χ3n) is 3.86. The number of nitrogens with one attached hydrogen (secondary N) is 1. The van der Waals surface area contributed by atoms with E-state index in [0.717, 1.165) is 20.8 Å². The lowest BCUT2D eigenvalue weighted by Gasteiger charge is -2.45. The van der Waals surface area contributed by atoms with Crippen molar-refractivity contribution in [3.8, 4) is 0 Å². The summed E-state index contributed by atoms with van der Waals surface area (Å²) in [6.07, 6.45) is -12.7. The minimum atomic E-state index is -4.89. The number of methoxy groups -OCH3 is 1. The lowest BCUT2D eigenvalue weighted by Crippen LogP contribution is -2.66.